The highest BCUT2D eigenvalue weighted by atomic mass is 79.9. The van der Waals surface area contributed by atoms with Crippen LogP contribution in [0.5, 0.6) is 0 Å². The van der Waals surface area contributed by atoms with Crippen molar-refractivity contribution in [3.63, 3.8) is 0 Å². The Bertz CT molecular complexity index is 524. The van der Waals surface area contributed by atoms with Crippen molar-refractivity contribution >= 4 is 15.9 Å². The minimum atomic E-state index is 0.115. The minimum absolute atomic E-state index is 0.115. The Balaban J connectivity index is 2.33. The number of aryl methyl sites for hydroxylation is 1. The fourth-order valence-electron chi connectivity index (χ4n) is 1.44. The molecule has 1 atom stereocenters. The van der Waals surface area contributed by atoms with Gasteiger partial charge in [0.25, 0.3) is 5.89 Å². The van der Waals surface area contributed by atoms with E-state index < -0.39 is 0 Å². The van der Waals surface area contributed by atoms with Crippen LogP contribution in [0.1, 0.15) is 24.2 Å². The largest absolute Gasteiger partial charge is 0.334 e. The van der Waals surface area contributed by atoms with Crippen LogP contribution in [0.2, 0.25) is 0 Å². The van der Waals surface area contributed by atoms with Crippen LogP contribution < -0.4 is 5.73 Å². The predicted molar refractivity (Wildman–Crippen MR) is 69.6 cm³/mol. The lowest BCUT2D eigenvalue weighted by atomic mass is 10.1. The first-order chi connectivity index (χ1) is 8.11. The number of aromatic nitrogens is 2. The van der Waals surface area contributed by atoms with Crippen LogP contribution in [0.4, 0.5) is 0 Å². The molecule has 0 aliphatic carbocycles. The van der Waals surface area contributed by atoms with Crippen LogP contribution in [-0.4, -0.2) is 16.7 Å². The number of halogens is 1. The summed E-state index contributed by atoms with van der Waals surface area (Å²) in [7, 11) is 0. The molecule has 0 saturated heterocycles. The second-order valence-electron chi connectivity index (χ2n) is 4.06. The Morgan fingerprint density at radius 2 is 2.24 bits per heavy atom. The molecular formula is C12H14BrN3O. The summed E-state index contributed by atoms with van der Waals surface area (Å²) >= 11 is 3.46. The molecule has 4 nitrogen and oxygen atoms in total. The van der Waals surface area contributed by atoms with E-state index >= 15 is 0 Å². The number of nitrogens with zero attached hydrogens (tertiary/aromatic N) is 2. The molecule has 5 heteroatoms. The zero-order valence-electron chi connectivity index (χ0n) is 9.77. The van der Waals surface area contributed by atoms with Crippen molar-refractivity contribution in [1.29, 1.82) is 0 Å². The van der Waals surface area contributed by atoms with E-state index in [4.69, 9.17) is 10.3 Å². The normalized spacial score (nSPS) is 12.7. The Kier molecular flexibility index (Phi) is 3.59. The van der Waals surface area contributed by atoms with Gasteiger partial charge >= 0.3 is 0 Å². The first-order valence-corrected chi connectivity index (χ1v) is 6.21. The lowest BCUT2D eigenvalue weighted by Crippen LogP contribution is -2.10. The second kappa shape index (κ2) is 4.98. The number of benzene rings is 1. The molecule has 0 fully saturated rings. The minimum Gasteiger partial charge on any atom is -0.334 e. The zero-order valence-corrected chi connectivity index (χ0v) is 11.4. The van der Waals surface area contributed by atoms with Crippen LogP contribution in [0.3, 0.4) is 0 Å². The molecule has 17 heavy (non-hydrogen) atoms. The molecule has 1 aromatic heterocycles. The Labute approximate surface area is 108 Å². The van der Waals surface area contributed by atoms with Gasteiger partial charge in [0.2, 0.25) is 0 Å². The quantitative estimate of drug-likeness (QED) is 0.946. The summed E-state index contributed by atoms with van der Waals surface area (Å²) < 4.78 is 6.30. The third-order valence-electron chi connectivity index (χ3n) is 2.64. The highest BCUT2D eigenvalue weighted by Crippen LogP contribution is 2.24. The first kappa shape index (κ1) is 12.3. The summed E-state index contributed by atoms with van der Waals surface area (Å²) in [5.74, 6) is 1.31. The Morgan fingerprint density at radius 3 is 2.88 bits per heavy atom. The SMILES string of the molecule is Cc1cc(-c2nc(C(C)CN)no2)ccc1Br. The van der Waals surface area contributed by atoms with Crippen molar-refractivity contribution in [1.82, 2.24) is 10.1 Å². The van der Waals surface area contributed by atoms with Crippen molar-refractivity contribution in [3.8, 4) is 11.5 Å². The summed E-state index contributed by atoms with van der Waals surface area (Å²) in [6.07, 6.45) is 0. The molecule has 90 valence electrons. The van der Waals surface area contributed by atoms with Crippen LogP contribution >= 0.6 is 15.9 Å². The smallest absolute Gasteiger partial charge is 0.257 e. The standard InChI is InChI=1S/C12H14BrN3O/c1-7-5-9(3-4-10(7)13)12-15-11(16-17-12)8(2)6-14/h3-5,8H,6,14H2,1-2H3. The summed E-state index contributed by atoms with van der Waals surface area (Å²) in [6.45, 7) is 4.51. The van der Waals surface area contributed by atoms with Crippen molar-refractivity contribution < 1.29 is 4.52 Å². The van der Waals surface area contributed by atoms with Gasteiger partial charge in [0, 0.05) is 22.5 Å². The topological polar surface area (TPSA) is 64.9 Å². The van der Waals surface area contributed by atoms with Gasteiger partial charge in [-0.1, -0.05) is 28.0 Å². The van der Waals surface area contributed by atoms with Crippen LogP contribution in [-0.2, 0) is 0 Å². The fourth-order valence-corrected chi connectivity index (χ4v) is 1.68. The van der Waals surface area contributed by atoms with Crippen molar-refractivity contribution in [2.45, 2.75) is 19.8 Å². The van der Waals surface area contributed by atoms with Gasteiger partial charge < -0.3 is 10.3 Å². The highest BCUT2D eigenvalue weighted by Gasteiger charge is 2.13. The molecule has 1 unspecified atom stereocenters. The molecule has 1 aromatic carbocycles. The molecule has 1 heterocycles. The average Bonchev–Trinajstić information content (AvgIpc) is 2.81. The molecule has 2 aromatic rings. The van der Waals surface area contributed by atoms with E-state index in [-0.39, 0.29) is 5.92 Å². The fraction of sp³-hybridized carbons (Fsp3) is 0.333. The van der Waals surface area contributed by atoms with Crippen LogP contribution in [0, 0.1) is 6.92 Å². The molecule has 0 radical (unpaired) electrons. The van der Waals surface area contributed by atoms with E-state index in [2.05, 4.69) is 26.1 Å². The molecule has 2 rings (SSSR count). The molecule has 0 saturated carbocycles. The number of hydrogen-bond acceptors (Lipinski definition) is 4. The lowest BCUT2D eigenvalue weighted by Gasteiger charge is -2.00. The summed E-state index contributed by atoms with van der Waals surface area (Å²) in [5.41, 5.74) is 7.63. The number of nitrogens with two attached hydrogens (primary N) is 1. The lowest BCUT2D eigenvalue weighted by molar-refractivity contribution is 0.418. The maximum atomic E-state index is 5.57. The van der Waals surface area contributed by atoms with Crippen molar-refractivity contribution in [3.05, 3.63) is 34.1 Å². The average molecular weight is 296 g/mol. The maximum absolute atomic E-state index is 5.57. The predicted octanol–water partition coefficient (Wildman–Crippen LogP) is 2.87. The van der Waals surface area contributed by atoms with Gasteiger partial charge in [-0.2, -0.15) is 4.98 Å². The van der Waals surface area contributed by atoms with Crippen molar-refractivity contribution in [2.75, 3.05) is 6.54 Å². The van der Waals surface area contributed by atoms with E-state index in [1.165, 1.54) is 0 Å². The van der Waals surface area contributed by atoms with Gasteiger partial charge in [-0.15, -0.1) is 0 Å². The Hall–Kier alpha value is -1.20. The molecule has 2 N–H and O–H groups in total. The van der Waals surface area contributed by atoms with Crippen molar-refractivity contribution in [2.24, 2.45) is 5.73 Å². The van der Waals surface area contributed by atoms with E-state index in [0.717, 1.165) is 15.6 Å². The third kappa shape index (κ3) is 2.56. The molecule has 0 amide bonds. The second-order valence-corrected chi connectivity index (χ2v) is 4.91. The first-order valence-electron chi connectivity index (χ1n) is 5.42. The number of rotatable bonds is 3. The molecule has 0 aliphatic rings. The van der Waals surface area contributed by atoms with E-state index in [9.17, 15) is 0 Å². The molecule has 0 spiro atoms. The van der Waals surface area contributed by atoms with Gasteiger partial charge in [-0.25, -0.2) is 0 Å². The van der Waals surface area contributed by atoms with Crippen LogP contribution in [0.15, 0.2) is 27.2 Å². The van der Waals surface area contributed by atoms with E-state index in [0.29, 0.717) is 18.3 Å². The van der Waals surface area contributed by atoms with Crippen LogP contribution in [0.25, 0.3) is 11.5 Å². The van der Waals surface area contributed by atoms with Gasteiger partial charge in [-0.3, -0.25) is 0 Å². The maximum Gasteiger partial charge on any atom is 0.257 e. The monoisotopic (exact) mass is 295 g/mol. The van der Waals surface area contributed by atoms with Gasteiger partial charge in [-0.05, 0) is 30.7 Å². The van der Waals surface area contributed by atoms with Gasteiger partial charge in [0.1, 0.15) is 0 Å². The van der Waals surface area contributed by atoms with Gasteiger partial charge in [0.15, 0.2) is 5.82 Å². The molecule has 0 aliphatic heterocycles. The summed E-state index contributed by atoms with van der Waals surface area (Å²) in [6, 6.07) is 5.93. The summed E-state index contributed by atoms with van der Waals surface area (Å²) in [5, 5.41) is 3.94. The zero-order chi connectivity index (χ0) is 12.4. The van der Waals surface area contributed by atoms with E-state index in [1.807, 2.05) is 32.0 Å². The molecular weight excluding hydrogens is 282 g/mol. The Morgan fingerprint density at radius 1 is 1.47 bits per heavy atom. The third-order valence-corrected chi connectivity index (χ3v) is 3.53. The summed E-state index contributed by atoms with van der Waals surface area (Å²) in [4.78, 5) is 4.35. The van der Waals surface area contributed by atoms with E-state index in [1.54, 1.807) is 0 Å². The van der Waals surface area contributed by atoms with Gasteiger partial charge in [0.05, 0.1) is 0 Å². The molecule has 0 bridgehead atoms. The highest BCUT2D eigenvalue weighted by molar-refractivity contribution is 9.10. The number of hydrogen-bond donors (Lipinski definition) is 1.